The molecule has 1 fully saturated rings. The normalized spacial score (nSPS) is 14.1. The maximum atomic E-state index is 12.8. The molecule has 1 amide bonds. The second kappa shape index (κ2) is 8.25. The second-order valence-corrected chi connectivity index (χ2v) is 9.77. The van der Waals surface area contributed by atoms with Crippen molar-refractivity contribution in [2.75, 3.05) is 24.9 Å². The maximum Gasteiger partial charge on any atom is 0.311 e. The molecule has 0 spiro atoms. The van der Waals surface area contributed by atoms with Crippen molar-refractivity contribution in [3.05, 3.63) is 40.6 Å². The zero-order valence-corrected chi connectivity index (χ0v) is 18.2. The molecule has 30 heavy (non-hydrogen) atoms. The van der Waals surface area contributed by atoms with Crippen LogP contribution in [0.4, 0.5) is 5.69 Å². The van der Waals surface area contributed by atoms with Crippen LogP contribution < -0.4 is 9.46 Å². The van der Waals surface area contributed by atoms with Crippen LogP contribution in [0.5, 0.6) is 5.75 Å². The topological polar surface area (TPSA) is 115 Å². The summed E-state index contributed by atoms with van der Waals surface area (Å²) in [5.41, 5.74) is 0.627. The van der Waals surface area contributed by atoms with E-state index in [0.29, 0.717) is 29.4 Å². The van der Waals surface area contributed by atoms with Crippen molar-refractivity contribution in [1.29, 1.82) is 0 Å². The fraction of sp³-hybridized carbons (Fsp3) is 0.278. The van der Waals surface area contributed by atoms with Gasteiger partial charge in [0.05, 0.1) is 18.4 Å². The zero-order chi connectivity index (χ0) is 21.3. The van der Waals surface area contributed by atoms with Crippen LogP contribution in [0, 0.1) is 0 Å². The number of carbonyl (C=O) groups is 1. The number of amides is 1. The Hall–Kier alpha value is -2.63. The molecule has 1 aliphatic rings. The molecule has 1 N–H and O–H groups in total. The van der Waals surface area contributed by atoms with Crippen molar-refractivity contribution < 1.29 is 22.4 Å². The number of rotatable bonds is 6. The first-order chi connectivity index (χ1) is 14.4. The molecule has 0 saturated carbocycles. The minimum atomic E-state index is -3.91. The second-order valence-electron chi connectivity index (χ2n) is 6.52. The van der Waals surface area contributed by atoms with Crippen LogP contribution in [0.25, 0.3) is 11.5 Å². The fourth-order valence-corrected chi connectivity index (χ4v) is 5.39. The van der Waals surface area contributed by atoms with Crippen LogP contribution in [-0.2, 0) is 10.0 Å². The van der Waals surface area contributed by atoms with Gasteiger partial charge in [0, 0.05) is 23.5 Å². The average Bonchev–Trinajstić information content (AvgIpc) is 3.48. The maximum absolute atomic E-state index is 12.8. The van der Waals surface area contributed by atoms with Gasteiger partial charge in [0.15, 0.2) is 0 Å². The number of nitrogens with one attached hydrogen (secondary N) is 1. The minimum absolute atomic E-state index is 0.0325. The van der Waals surface area contributed by atoms with Gasteiger partial charge >= 0.3 is 11.8 Å². The molecule has 1 aliphatic heterocycles. The lowest BCUT2D eigenvalue weighted by atomic mass is 10.3. The van der Waals surface area contributed by atoms with Crippen molar-refractivity contribution in [1.82, 2.24) is 15.1 Å². The van der Waals surface area contributed by atoms with Gasteiger partial charge in [0.1, 0.15) is 9.96 Å². The summed E-state index contributed by atoms with van der Waals surface area (Å²) in [6, 6.07) is 6.03. The Morgan fingerprint density at radius 2 is 2.03 bits per heavy atom. The van der Waals surface area contributed by atoms with Gasteiger partial charge in [-0.1, -0.05) is 11.6 Å². The number of ether oxygens (including phenoxy) is 1. The number of hydrogen-bond donors (Lipinski definition) is 1. The molecule has 9 nitrogen and oxygen atoms in total. The van der Waals surface area contributed by atoms with E-state index in [-0.39, 0.29) is 27.6 Å². The quantitative estimate of drug-likeness (QED) is 0.588. The number of methoxy groups -OCH3 is 1. The Kier molecular flexibility index (Phi) is 5.67. The molecule has 12 heteroatoms. The Morgan fingerprint density at radius 1 is 1.27 bits per heavy atom. The Labute approximate surface area is 181 Å². The lowest BCUT2D eigenvalue weighted by Crippen LogP contribution is -2.27. The van der Waals surface area contributed by atoms with E-state index in [2.05, 4.69) is 14.9 Å². The first kappa shape index (κ1) is 20.6. The number of halogens is 1. The van der Waals surface area contributed by atoms with E-state index in [1.165, 1.54) is 19.2 Å². The fourth-order valence-electron chi connectivity index (χ4n) is 3.01. The van der Waals surface area contributed by atoms with E-state index in [1.54, 1.807) is 22.4 Å². The highest BCUT2D eigenvalue weighted by Gasteiger charge is 2.26. The van der Waals surface area contributed by atoms with E-state index in [9.17, 15) is 13.2 Å². The van der Waals surface area contributed by atoms with Crippen LogP contribution in [0.3, 0.4) is 0 Å². The van der Waals surface area contributed by atoms with Crippen LogP contribution in [0.1, 0.15) is 23.5 Å². The molecule has 0 atom stereocenters. The van der Waals surface area contributed by atoms with Gasteiger partial charge in [0.2, 0.25) is 5.89 Å². The summed E-state index contributed by atoms with van der Waals surface area (Å²) in [4.78, 5) is 14.0. The van der Waals surface area contributed by atoms with E-state index in [4.69, 9.17) is 20.8 Å². The summed E-state index contributed by atoms with van der Waals surface area (Å²) in [6.45, 7) is 1.33. The summed E-state index contributed by atoms with van der Waals surface area (Å²) >= 11 is 6.95. The average molecular weight is 469 g/mol. The van der Waals surface area contributed by atoms with Crippen molar-refractivity contribution in [2.24, 2.45) is 0 Å². The number of sulfonamides is 1. The highest BCUT2D eigenvalue weighted by Crippen LogP contribution is 2.33. The molecule has 3 heterocycles. The molecular formula is C18H17ClN4O5S2. The first-order valence-corrected chi connectivity index (χ1v) is 11.7. The first-order valence-electron chi connectivity index (χ1n) is 8.95. The highest BCUT2D eigenvalue weighted by atomic mass is 35.5. The lowest BCUT2D eigenvalue weighted by Gasteiger charge is -2.11. The van der Waals surface area contributed by atoms with Crippen molar-refractivity contribution in [2.45, 2.75) is 17.1 Å². The van der Waals surface area contributed by atoms with E-state index >= 15 is 0 Å². The summed E-state index contributed by atoms with van der Waals surface area (Å²) in [6.07, 6.45) is 1.89. The van der Waals surface area contributed by atoms with Crippen LogP contribution in [0.2, 0.25) is 5.02 Å². The predicted molar refractivity (Wildman–Crippen MR) is 112 cm³/mol. The highest BCUT2D eigenvalue weighted by molar-refractivity contribution is 7.94. The van der Waals surface area contributed by atoms with Crippen molar-refractivity contribution in [3.63, 3.8) is 0 Å². The molecule has 0 radical (unpaired) electrons. The number of likely N-dealkylation sites (tertiary alicyclic amines) is 1. The smallest absolute Gasteiger partial charge is 0.311 e. The molecule has 3 aromatic rings. The third-order valence-corrected chi connectivity index (χ3v) is 7.53. The molecule has 4 rings (SSSR count). The van der Waals surface area contributed by atoms with E-state index < -0.39 is 10.0 Å². The number of hydrogen-bond acceptors (Lipinski definition) is 8. The monoisotopic (exact) mass is 468 g/mol. The van der Waals surface area contributed by atoms with Gasteiger partial charge in [-0.25, -0.2) is 8.42 Å². The van der Waals surface area contributed by atoms with Gasteiger partial charge in [0.25, 0.3) is 10.0 Å². The minimum Gasteiger partial charge on any atom is -0.495 e. The summed E-state index contributed by atoms with van der Waals surface area (Å²) in [5.74, 6) is -0.00866. The van der Waals surface area contributed by atoms with E-state index in [1.807, 2.05) is 0 Å². The molecule has 0 bridgehead atoms. The van der Waals surface area contributed by atoms with Crippen LogP contribution in [-0.4, -0.2) is 49.6 Å². The van der Waals surface area contributed by atoms with Gasteiger partial charge in [-0.2, -0.15) is 0 Å². The molecule has 1 saturated heterocycles. The number of nitrogens with zero attached hydrogens (tertiary/aromatic N) is 3. The molecule has 2 aromatic heterocycles. The Bertz CT molecular complexity index is 1180. The molecule has 0 unspecified atom stereocenters. The molecule has 158 valence electrons. The number of carbonyl (C=O) groups excluding carboxylic acids is 1. The Balaban J connectivity index is 1.55. The standard InChI is InChI=1S/C18H17ClN4O5S2/c1-27-14-5-4-12(19)9-13(14)22-30(25,26)15-8-11(10-29-15)16-20-21-17(28-16)18(24)23-6-2-3-7-23/h4-5,8-10,22H,2-3,6-7H2,1H3. The number of benzene rings is 1. The third-order valence-electron chi connectivity index (χ3n) is 4.49. The SMILES string of the molecule is COc1ccc(Cl)cc1NS(=O)(=O)c1cc(-c2nnc(C(=O)N3CCCC3)o2)cs1. The van der Waals surface area contributed by atoms with Gasteiger partial charge in [-0.3, -0.25) is 9.52 Å². The predicted octanol–water partition coefficient (Wildman–Crippen LogP) is 3.50. The van der Waals surface area contributed by atoms with Gasteiger partial charge in [-0.05, 0) is 37.1 Å². The number of anilines is 1. The molecule has 0 aliphatic carbocycles. The number of thiophene rings is 1. The van der Waals surface area contributed by atoms with Crippen molar-refractivity contribution >= 4 is 44.6 Å². The summed E-state index contributed by atoms with van der Waals surface area (Å²) < 4.78 is 38.7. The summed E-state index contributed by atoms with van der Waals surface area (Å²) in [5, 5.41) is 9.63. The number of aromatic nitrogens is 2. The largest absolute Gasteiger partial charge is 0.495 e. The van der Waals surface area contributed by atoms with E-state index in [0.717, 1.165) is 24.2 Å². The van der Waals surface area contributed by atoms with Gasteiger partial charge in [-0.15, -0.1) is 21.5 Å². The lowest BCUT2D eigenvalue weighted by molar-refractivity contribution is 0.0754. The van der Waals surface area contributed by atoms with Crippen LogP contribution in [0.15, 0.2) is 38.3 Å². The van der Waals surface area contributed by atoms with Crippen LogP contribution >= 0.6 is 22.9 Å². The van der Waals surface area contributed by atoms with Crippen molar-refractivity contribution in [3.8, 4) is 17.2 Å². The van der Waals surface area contributed by atoms with Gasteiger partial charge < -0.3 is 14.1 Å². The summed E-state index contributed by atoms with van der Waals surface area (Å²) in [7, 11) is -2.48. The zero-order valence-electron chi connectivity index (χ0n) is 15.8. The molecular weight excluding hydrogens is 452 g/mol. The molecule has 1 aromatic carbocycles. The third kappa shape index (κ3) is 4.13. The Morgan fingerprint density at radius 3 is 2.77 bits per heavy atom.